The van der Waals surface area contributed by atoms with Crippen molar-refractivity contribution in [1.29, 1.82) is 0 Å². The van der Waals surface area contributed by atoms with Gasteiger partial charge >= 0.3 is 0 Å². The second-order valence-electron chi connectivity index (χ2n) is 3.66. The summed E-state index contributed by atoms with van der Waals surface area (Å²) in [5.41, 5.74) is 0.345. The van der Waals surface area contributed by atoms with Crippen molar-refractivity contribution < 1.29 is 4.79 Å². The van der Waals surface area contributed by atoms with Crippen LogP contribution in [0.25, 0.3) is 0 Å². The van der Waals surface area contributed by atoms with Gasteiger partial charge in [0.2, 0.25) is 0 Å². The van der Waals surface area contributed by atoms with Crippen molar-refractivity contribution in [2.24, 2.45) is 0 Å². The molecule has 0 atom stereocenters. The van der Waals surface area contributed by atoms with Gasteiger partial charge in [0.1, 0.15) is 0 Å². The van der Waals surface area contributed by atoms with Crippen molar-refractivity contribution in [3.8, 4) is 0 Å². The van der Waals surface area contributed by atoms with Gasteiger partial charge in [-0.05, 0) is 26.1 Å². The molecule has 6 heteroatoms. The van der Waals surface area contributed by atoms with Gasteiger partial charge in [0.05, 0.1) is 0 Å². The molecule has 1 amide bonds. The number of carbonyl (C=O) groups excluding carboxylic acids is 1. The number of aromatic nitrogens is 2. The van der Waals surface area contributed by atoms with Gasteiger partial charge in [-0.25, -0.2) is 0 Å². The third kappa shape index (κ3) is 3.99. The molecule has 0 bridgehead atoms. The fourth-order valence-electron chi connectivity index (χ4n) is 1.30. The highest BCUT2D eigenvalue weighted by Gasteiger charge is 2.08. The number of likely N-dealkylation sites (N-methyl/N-ethyl adjacent to an activating group) is 2. The van der Waals surface area contributed by atoms with E-state index in [0.717, 1.165) is 18.9 Å². The maximum Gasteiger partial charge on any atom is 0.271 e. The standard InChI is InChI=1S/C11H19N5O/c1-4-13-11(17)9-5-6-10(15-14-9)16(3)8-7-12-2/h5-6,12H,4,7-8H2,1-3H3,(H,13,17). The molecule has 0 aliphatic heterocycles. The van der Waals surface area contributed by atoms with Gasteiger partial charge in [-0.15, -0.1) is 10.2 Å². The lowest BCUT2D eigenvalue weighted by atomic mass is 10.3. The van der Waals surface area contributed by atoms with Crippen molar-refractivity contribution >= 4 is 11.7 Å². The summed E-state index contributed by atoms with van der Waals surface area (Å²) in [5.74, 6) is 0.567. The van der Waals surface area contributed by atoms with Crippen LogP contribution in [0.4, 0.5) is 5.82 Å². The molecular weight excluding hydrogens is 218 g/mol. The summed E-state index contributed by atoms with van der Waals surface area (Å²) in [6.07, 6.45) is 0. The van der Waals surface area contributed by atoms with E-state index in [0.29, 0.717) is 12.2 Å². The minimum absolute atomic E-state index is 0.190. The molecule has 0 aliphatic carbocycles. The van der Waals surface area contributed by atoms with E-state index >= 15 is 0 Å². The van der Waals surface area contributed by atoms with Crippen LogP contribution in [0.5, 0.6) is 0 Å². The van der Waals surface area contributed by atoms with Crippen molar-refractivity contribution in [2.45, 2.75) is 6.92 Å². The Kier molecular flexibility index (Phi) is 5.35. The zero-order chi connectivity index (χ0) is 12.7. The molecule has 0 aliphatic rings. The lowest BCUT2D eigenvalue weighted by Gasteiger charge is -2.16. The molecule has 1 aromatic rings. The van der Waals surface area contributed by atoms with Crippen molar-refractivity contribution in [1.82, 2.24) is 20.8 Å². The van der Waals surface area contributed by atoms with Crippen LogP contribution in [-0.2, 0) is 0 Å². The third-order valence-corrected chi connectivity index (χ3v) is 2.31. The first-order chi connectivity index (χ1) is 8.19. The van der Waals surface area contributed by atoms with Crippen LogP contribution in [0.3, 0.4) is 0 Å². The number of nitrogens with zero attached hydrogens (tertiary/aromatic N) is 3. The first-order valence-corrected chi connectivity index (χ1v) is 5.66. The first-order valence-electron chi connectivity index (χ1n) is 5.66. The Bertz CT molecular complexity index is 351. The predicted molar refractivity (Wildman–Crippen MR) is 67.2 cm³/mol. The summed E-state index contributed by atoms with van der Waals surface area (Å²) in [5, 5.41) is 13.7. The number of carbonyl (C=O) groups is 1. The zero-order valence-electron chi connectivity index (χ0n) is 10.5. The molecule has 1 aromatic heterocycles. The summed E-state index contributed by atoms with van der Waals surface area (Å²) in [6, 6.07) is 3.48. The Labute approximate surface area is 101 Å². The van der Waals surface area contributed by atoms with Crippen LogP contribution in [0.2, 0.25) is 0 Å². The molecule has 0 saturated heterocycles. The van der Waals surface area contributed by atoms with E-state index in [2.05, 4.69) is 20.8 Å². The lowest BCUT2D eigenvalue weighted by Crippen LogP contribution is -2.28. The Morgan fingerprint density at radius 3 is 2.71 bits per heavy atom. The molecule has 17 heavy (non-hydrogen) atoms. The fourth-order valence-corrected chi connectivity index (χ4v) is 1.30. The van der Waals surface area contributed by atoms with Gasteiger partial charge < -0.3 is 15.5 Å². The Morgan fingerprint density at radius 2 is 2.18 bits per heavy atom. The van der Waals surface area contributed by atoms with Crippen LogP contribution in [0, 0.1) is 0 Å². The number of hydrogen-bond donors (Lipinski definition) is 2. The van der Waals surface area contributed by atoms with Gasteiger partial charge in [-0.1, -0.05) is 0 Å². The third-order valence-electron chi connectivity index (χ3n) is 2.31. The SMILES string of the molecule is CCNC(=O)c1ccc(N(C)CCNC)nn1. The zero-order valence-corrected chi connectivity index (χ0v) is 10.5. The normalized spacial score (nSPS) is 10.1. The minimum Gasteiger partial charge on any atom is -0.357 e. The maximum atomic E-state index is 11.5. The molecule has 1 heterocycles. The van der Waals surface area contributed by atoms with E-state index < -0.39 is 0 Å². The average Bonchev–Trinajstić information content (AvgIpc) is 2.36. The summed E-state index contributed by atoms with van der Waals surface area (Å²) >= 11 is 0. The van der Waals surface area contributed by atoms with E-state index in [4.69, 9.17) is 0 Å². The highest BCUT2D eigenvalue weighted by atomic mass is 16.1. The van der Waals surface area contributed by atoms with Gasteiger partial charge in [-0.2, -0.15) is 0 Å². The van der Waals surface area contributed by atoms with E-state index in [1.807, 2.05) is 25.9 Å². The van der Waals surface area contributed by atoms with Crippen LogP contribution < -0.4 is 15.5 Å². The summed E-state index contributed by atoms with van der Waals surface area (Å²) < 4.78 is 0. The maximum absolute atomic E-state index is 11.5. The van der Waals surface area contributed by atoms with Crippen LogP contribution >= 0.6 is 0 Å². The van der Waals surface area contributed by atoms with Crippen molar-refractivity contribution in [2.75, 3.05) is 38.6 Å². The predicted octanol–water partition coefficient (Wildman–Crippen LogP) is -0.118. The van der Waals surface area contributed by atoms with Crippen LogP contribution in [0.1, 0.15) is 17.4 Å². The van der Waals surface area contributed by atoms with Gasteiger partial charge in [0.15, 0.2) is 11.5 Å². The molecule has 2 N–H and O–H groups in total. The van der Waals surface area contributed by atoms with Gasteiger partial charge in [0, 0.05) is 26.7 Å². The molecule has 6 nitrogen and oxygen atoms in total. The Hall–Kier alpha value is -1.69. The molecule has 0 fully saturated rings. The monoisotopic (exact) mass is 237 g/mol. The molecule has 0 saturated carbocycles. The molecule has 0 aromatic carbocycles. The number of rotatable bonds is 6. The van der Waals surface area contributed by atoms with E-state index in [1.165, 1.54) is 0 Å². The number of amides is 1. The molecule has 0 spiro atoms. The van der Waals surface area contributed by atoms with Crippen LogP contribution in [0.15, 0.2) is 12.1 Å². The summed E-state index contributed by atoms with van der Waals surface area (Å²) in [4.78, 5) is 13.4. The second-order valence-corrected chi connectivity index (χ2v) is 3.66. The smallest absolute Gasteiger partial charge is 0.271 e. The minimum atomic E-state index is -0.190. The van der Waals surface area contributed by atoms with Crippen molar-refractivity contribution in [3.63, 3.8) is 0 Å². The summed E-state index contributed by atoms with van der Waals surface area (Å²) in [7, 11) is 3.84. The largest absolute Gasteiger partial charge is 0.357 e. The van der Waals surface area contributed by atoms with Crippen molar-refractivity contribution in [3.05, 3.63) is 17.8 Å². The van der Waals surface area contributed by atoms with Gasteiger partial charge in [-0.3, -0.25) is 4.79 Å². The molecular formula is C11H19N5O. The number of nitrogens with one attached hydrogen (secondary N) is 2. The number of anilines is 1. The van der Waals surface area contributed by atoms with E-state index in [1.54, 1.807) is 12.1 Å². The van der Waals surface area contributed by atoms with Gasteiger partial charge in [0.25, 0.3) is 5.91 Å². The highest BCUT2D eigenvalue weighted by molar-refractivity contribution is 5.92. The molecule has 0 radical (unpaired) electrons. The highest BCUT2D eigenvalue weighted by Crippen LogP contribution is 2.06. The average molecular weight is 237 g/mol. The Morgan fingerprint density at radius 1 is 1.41 bits per heavy atom. The quantitative estimate of drug-likeness (QED) is 0.722. The molecule has 0 unspecified atom stereocenters. The van der Waals surface area contributed by atoms with E-state index in [-0.39, 0.29) is 5.91 Å². The summed E-state index contributed by atoms with van der Waals surface area (Å²) in [6.45, 7) is 4.16. The molecule has 1 rings (SSSR count). The topological polar surface area (TPSA) is 70.2 Å². The van der Waals surface area contributed by atoms with E-state index in [9.17, 15) is 4.79 Å². The molecule has 94 valence electrons. The van der Waals surface area contributed by atoms with Crippen LogP contribution in [-0.4, -0.2) is 49.8 Å². The first kappa shape index (κ1) is 13.4. The lowest BCUT2D eigenvalue weighted by molar-refractivity contribution is 0.0950. The second kappa shape index (κ2) is 6.80. The Balaban J connectivity index is 2.64. The fraction of sp³-hybridized carbons (Fsp3) is 0.545. The number of hydrogen-bond acceptors (Lipinski definition) is 5.